The number of hydrogen-bond donors (Lipinski definition) is 1. The second-order valence-corrected chi connectivity index (χ2v) is 10.9. The number of rotatable bonds is 11. The molecule has 1 atom stereocenters. The monoisotopic (exact) mass is 510 g/mol. The number of aromatic nitrogens is 5. The standard InChI is InChI=1S/C27H38N6O2S/c1-4-21-10-13-31(14-11-21)19-26-28-12-15-32(26)17-23-16-22(7-6-20(23)3)25(36-27(34)35)9-8-24-18-33(5-2)30-29-24/h6-7,12,15-16,18,21,25H,4-5,8-11,13-14,17,19H2,1-3H3,(H,34,35). The third-order valence-electron chi connectivity index (χ3n) is 7.35. The molecule has 194 valence electrons. The maximum atomic E-state index is 11.6. The van der Waals surface area contributed by atoms with Crippen LogP contribution in [0.4, 0.5) is 4.79 Å². The van der Waals surface area contributed by atoms with Gasteiger partial charge in [-0.2, -0.15) is 0 Å². The maximum absolute atomic E-state index is 11.6. The van der Waals surface area contributed by atoms with Crippen LogP contribution in [-0.4, -0.2) is 52.9 Å². The van der Waals surface area contributed by atoms with E-state index >= 15 is 0 Å². The van der Waals surface area contributed by atoms with Gasteiger partial charge in [0.25, 0.3) is 0 Å². The summed E-state index contributed by atoms with van der Waals surface area (Å²) in [6.45, 7) is 11.1. The van der Waals surface area contributed by atoms with E-state index in [1.54, 1.807) is 4.68 Å². The van der Waals surface area contributed by atoms with Gasteiger partial charge in [0.15, 0.2) is 0 Å². The number of carboxylic acid groups (broad SMARTS) is 1. The lowest BCUT2D eigenvalue weighted by atomic mass is 9.94. The summed E-state index contributed by atoms with van der Waals surface area (Å²) in [5.74, 6) is 1.95. The quantitative estimate of drug-likeness (QED) is 0.361. The molecule has 2 aromatic heterocycles. The highest BCUT2D eigenvalue weighted by Crippen LogP contribution is 2.35. The molecule has 3 aromatic rings. The fraction of sp³-hybridized carbons (Fsp3) is 0.556. The number of piperidine rings is 1. The SMILES string of the molecule is CCC1CCN(Cc2nccn2Cc2cc(C(CCc3cn(CC)nn3)SC(=O)O)ccc2C)CC1. The molecule has 1 N–H and O–H groups in total. The highest BCUT2D eigenvalue weighted by Gasteiger charge is 2.21. The van der Waals surface area contributed by atoms with Gasteiger partial charge in [-0.3, -0.25) is 9.58 Å². The van der Waals surface area contributed by atoms with Gasteiger partial charge in [-0.1, -0.05) is 36.8 Å². The third-order valence-corrected chi connectivity index (χ3v) is 8.35. The molecular weight excluding hydrogens is 472 g/mol. The second kappa shape index (κ2) is 12.5. The predicted molar refractivity (Wildman–Crippen MR) is 143 cm³/mol. The van der Waals surface area contributed by atoms with Crippen molar-refractivity contribution in [2.24, 2.45) is 5.92 Å². The molecule has 1 saturated heterocycles. The van der Waals surface area contributed by atoms with Crippen LogP contribution in [-0.2, 0) is 26.1 Å². The summed E-state index contributed by atoms with van der Waals surface area (Å²) < 4.78 is 4.04. The molecule has 0 spiro atoms. The minimum atomic E-state index is -0.858. The first-order valence-electron chi connectivity index (χ1n) is 13.1. The van der Waals surface area contributed by atoms with Crippen molar-refractivity contribution >= 4 is 17.1 Å². The van der Waals surface area contributed by atoms with Gasteiger partial charge in [0.05, 0.1) is 12.2 Å². The Labute approximate surface area is 218 Å². The summed E-state index contributed by atoms with van der Waals surface area (Å²) in [5, 5.41) is 16.9. The van der Waals surface area contributed by atoms with E-state index < -0.39 is 5.30 Å². The lowest BCUT2D eigenvalue weighted by molar-refractivity contribution is 0.170. The maximum Gasteiger partial charge on any atom is 0.365 e. The molecule has 1 aromatic carbocycles. The molecule has 0 radical (unpaired) electrons. The van der Waals surface area contributed by atoms with E-state index in [0.29, 0.717) is 12.8 Å². The number of nitrogens with zero attached hydrogens (tertiary/aromatic N) is 6. The first kappa shape index (κ1) is 26.4. The summed E-state index contributed by atoms with van der Waals surface area (Å²) in [6, 6.07) is 6.35. The zero-order chi connectivity index (χ0) is 25.5. The molecule has 1 unspecified atom stereocenters. The van der Waals surface area contributed by atoms with Crippen LogP contribution >= 0.6 is 11.8 Å². The second-order valence-electron chi connectivity index (χ2n) is 9.76. The summed E-state index contributed by atoms with van der Waals surface area (Å²) in [6.07, 6.45) is 11.1. The van der Waals surface area contributed by atoms with E-state index in [1.165, 1.54) is 30.4 Å². The smallest absolute Gasteiger partial charge is 0.365 e. The molecule has 0 saturated carbocycles. The van der Waals surface area contributed by atoms with Gasteiger partial charge in [-0.25, -0.2) is 9.78 Å². The van der Waals surface area contributed by atoms with E-state index in [4.69, 9.17) is 0 Å². The Hall–Kier alpha value is -2.65. The lowest BCUT2D eigenvalue weighted by Crippen LogP contribution is -2.34. The molecule has 4 rings (SSSR count). The highest BCUT2D eigenvalue weighted by atomic mass is 32.2. The van der Waals surface area contributed by atoms with E-state index in [2.05, 4.69) is 63.0 Å². The Balaban J connectivity index is 1.46. The molecular formula is C27H38N6O2S. The van der Waals surface area contributed by atoms with Crippen molar-refractivity contribution in [1.82, 2.24) is 29.4 Å². The number of imidazole rings is 1. The van der Waals surface area contributed by atoms with Crippen molar-refractivity contribution < 1.29 is 9.90 Å². The number of benzene rings is 1. The third kappa shape index (κ3) is 6.97. The Kier molecular flexibility index (Phi) is 9.20. The van der Waals surface area contributed by atoms with Gasteiger partial charge < -0.3 is 9.67 Å². The Bertz CT molecular complexity index is 1130. The van der Waals surface area contributed by atoms with Crippen molar-refractivity contribution in [1.29, 1.82) is 0 Å². The fourth-order valence-electron chi connectivity index (χ4n) is 4.94. The fourth-order valence-corrected chi connectivity index (χ4v) is 5.70. The predicted octanol–water partition coefficient (Wildman–Crippen LogP) is 5.56. The van der Waals surface area contributed by atoms with Gasteiger partial charge in [0.1, 0.15) is 5.82 Å². The van der Waals surface area contributed by atoms with Crippen LogP contribution in [0.25, 0.3) is 0 Å². The van der Waals surface area contributed by atoms with Crippen LogP contribution in [0.3, 0.4) is 0 Å². The topological polar surface area (TPSA) is 89.1 Å². The van der Waals surface area contributed by atoms with Crippen molar-refractivity contribution in [3.8, 4) is 0 Å². The molecule has 0 bridgehead atoms. The van der Waals surface area contributed by atoms with Crippen molar-refractivity contribution in [2.75, 3.05) is 13.1 Å². The van der Waals surface area contributed by atoms with Crippen molar-refractivity contribution in [3.05, 3.63) is 65.0 Å². The van der Waals surface area contributed by atoms with Crippen LogP contribution in [0.1, 0.15) is 73.0 Å². The van der Waals surface area contributed by atoms with Gasteiger partial charge >= 0.3 is 5.30 Å². The molecule has 36 heavy (non-hydrogen) atoms. The molecule has 1 aliphatic heterocycles. The van der Waals surface area contributed by atoms with Gasteiger partial charge in [-0.15, -0.1) is 5.10 Å². The molecule has 8 nitrogen and oxygen atoms in total. The van der Waals surface area contributed by atoms with Gasteiger partial charge in [0, 0.05) is 36.9 Å². The number of thioether (sulfide) groups is 1. The summed E-state index contributed by atoms with van der Waals surface area (Å²) in [7, 11) is 0. The Morgan fingerprint density at radius 1 is 1.22 bits per heavy atom. The van der Waals surface area contributed by atoms with Crippen LogP contribution in [0.5, 0.6) is 0 Å². The largest absolute Gasteiger partial charge is 0.473 e. The zero-order valence-corrected chi connectivity index (χ0v) is 22.5. The van der Waals surface area contributed by atoms with Gasteiger partial charge in [0.2, 0.25) is 0 Å². The highest BCUT2D eigenvalue weighted by molar-refractivity contribution is 8.13. The molecule has 1 aliphatic rings. The van der Waals surface area contributed by atoms with Crippen LogP contribution in [0, 0.1) is 12.8 Å². The summed E-state index contributed by atoms with van der Waals surface area (Å²) >= 11 is 0.971. The minimum absolute atomic E-state index is 0.157. The molecule has 1 fully saturated rings. The first-order chi connectivity index (χ1) is 17.4. The molecule has 3 heterocycles. The van der Waals surface area contributed by atoms with E-state index in [0.717, 1.165) is 67.5 Å². The molecule has 9 heteroatoms. The summed E-state index contributed by atoms with van der Waals surface area (Å²) in [4.78, 5) is 18.8. The average molecular weight is 511 g/mol. The number of likely N-dealkylation sites (tertiary alicyclic amines) is 1. The van der Waals surface area contributed by atoms with E-state index in [9.17, 15) is 9.90 Å². The van der Waals surface area contributed by atoms with Crippen LogP contribution < -0.4 is 0 Å². The van der Waals surface area contributed by atoms with E-state index in [-0.39, 0.29) is 5.25 Å². The lowest BCUT2D eigenvalue weighted by Gasteiger charge is -2.31. The van der Waals surface area contributed by atoms with Gasteiger partial charge in [-0.05, 0) is 87.0 Å². The number of hydrogen-bond acceptors (Lipinski definition) is 6. The first-order valence-corrected chi connectivity index (χ1v) is 13.9. The van der Waals surface area contributed by atoms with Crippen molar-refractivity contribution in [3.63, 3.8) is 0 Å². The molecule has 0 aliphatic carbocycles. The Morgan fingerprint density at radius 3 is 2.72 bits per heavy atom. The normalized spacial score (nSPS) is 15.9. The minimum Gasteiger partial charge on any atom is -0.473 e. The van der Waals surface area contributed by atoms with Crippen LogP contribution in [0.15, 0.2) is 36.8 Å². The van der Waals surface area contributed by atoms with E-state index in [1.807, 2.05) is 19.3 Å². The van der Waals surface area contributed by atoms with Crippen molar-refractivity contribution in [2.45, 2.75) is 77.8 Å². The molecule has 0 amide bonds. The Morgan fingerprint density at radius 2 is 2.03 bits per heavy atom. The summed E-state index contributed by atoms with van der Waals surface area (Å²) in [5.41, 5.74) is 4.33. The average Bonchev–Trinajstić information content (AvgIpc) is 3.52. The number of aryl methyl sites for hydroxylation is 3. The van der Waals surface area contributed by atoms with Crippen LogP contribution in [0.2, 0.25) is 0 Å². The zero-order valence-electron chi connectivity index (χ0n) is 21.6. The number of carbonyl (C=O) groups is 1.